The van der Waals surface area contributed by atoms with Crippen LogP contribution < -0.4 is 5.32 Å². The average Bonchev–Trinajstić information content (AvgIpc) is 3.05. The minimum atomic E-state index is -4.04. The third kappa shape index (κ3) is 7.82. The molecule has 1 atom stereocenters. The topological polar surface area (TPSA) is 35.6 Å². The summed E-state index contributed by atoms with van der Waals surface area (Å²) in [6, 6.07) is 0.490. The molecule has 2 saturated heterocycles. The Morgan fingerprint density at radius 2 is 1.88 bits per heavy atom. The van der Waals surface area contributed by atoms with Crippen LogP contribution in [0.5, 0.6) is 0 Å². The number of likely N-dealkylation sites (N-methyl/N-ethyl adjacent to an activating group) is 1. The van der Waals surface area contributed by atoms with Crippen molar-refractivity contribution < 1.29 is 18.0 Å². The average molecular weight is 377 g/mol. The van der Waals surface area contributed by atoms with Gasteiger partial charge >= 0.3 is 6.18 Å². The van der Waals surface area contributed by atoms with Gasteiger partial charge in [-0.2, -0.15) is 13.2 Å². The quantitative estimate of drug-likeness (QED) is 0.669. The van der Waals surface area contributed by atoms with Crippen LogP contribution in [0.25, 0.3) is 0 Å². The number of alkyl halides is 3. The molecule has 2 aliphatic rings. The van der Waals surface area contributed by atoms with Crippen molar-refractivity contribution in [1.82, 2.24) is 15.1 Å². The molecule has 1 N–H and O–H groups in total. The number of nitrogens with zero attached hydrogens (tertiary/aromatic N) is 2. The number of amides is 1. The van der Waals surface area contributed by atoms with E-state index in [0.29, 0.717) is 24.9 Å². The molecule has 0 spiro atoms. The van der Waals surface area contributed by atoms with Crippen LogP contribution in [0.2, 0.25) is 0 Å². The number of carbonyl (C=O) groups excluding carboxylic acids is 1. The summed E-state index contributed by atoms with van der Waals surface area (Å²) in [5.41, 5.74) is 0. The van der Waals surface area contributed by atoms with E-state index in [1.54, 1.807) is 0 Å². The molecule has 26 heavy (non-hydrogen) atoms. The predicted octanol–water partition coefficient (Wildman–Crippen LogP) is 3.42. The molecule has 2 rings (SSSR count). The summed E-state index contributed by atoms with van der Waals surface area (Å²) in [5.74, 6) is 0.666. The van der Waals surface area contributed by atoms with Crippen LogP contribution in [-0.2, 0) is 4.79 Å². The first-order valence-corrected chi connectivity index (χ1v) is 10.2. The standard InChI is InChI=1S/C19H34F3N3O/c1-2-25-12-3-5-17(25)15-23-18(26)7-6-16-8-13-24(14-9-16)11-4-10-19(20,21)22/h16-17H,2-15H2,1H3,(H,23,26)/t17-/m0/s1. The first-order valence-electron chi connectivity index (χ1n) is 10.2. The molecule has 0 saturated carbocycles. The van der Waals surface area contributed by atoms with Gasteiger partial charge in [0.2, 0.25) is 5.91 Å². The third-order valence-corrected chi connectivity index (χ3v) is 5.86. The first-order chi connectivity index (χ1) is 12.4. The number of nitrogens with one attached hydrogen (secondary N) is 1. The summed E-state index contributed by atoms with van der Waals surface area (Å²) in [7, 11) is 0. The molecule has 152 valence electrons. The molecule has 4 nitrogen and oxygen atoms in total. The maximum atomic E-state index is 12.2. The number of hydrogen-bond donors (Lipinski definition) is 1. The van der Waals surface area contributed by atoms with Gasteiger partial charge in [0.05, 0.1) is 0 Å². The Labute approximate surface area is 155 Å². The van der Waals surface area contributed by atoms with Crippen LogP contribution in [0.4, 0.5) is 13.2 Å². The van der Waals surface area contributed by atoms with Gasteiger partial charge in [0, 0.05) is 25.4 Å². The van der Waals surface area contributed by atoms with E-state index in [1.807, 2.05) is 0 Å². The number of hydrogen-bond acceptors (Lipinski definition) is 3. The monoisotopic (exact) mass is 377 g/mol. The van der Waals surface area contributed by atoms with Crippen molar-refractivity contribution in [3.05, 3.63) is 0 Å². The Morgan fingerprint density at radius 3 is 2.54 bits per heavy atom. The van der Waals surface area contributed by atoms with E-state index in [2.05, 4.69) is 22.0 Å². The molecule has 1 amide bonds. The van der Waals surface area contributed by atoms with Crippen molar-refractivity contribution in [3.63, 3.8) is 0 Å². The van der Waals surface area contributed by atoms with E-state index in [0.717, 1.165) is 52.0 Å². The van der Waals surface area contributed by atoms with Gasteiger partial charge in [-0.1, -0.05) is 6.92 Å². The fourth-order valence-corrected chi connectivity index (χ4v) is 4.20. The van der Waals surface area contributed by atoms with Gasteiger partial charge in [-0.05, 0) is 77.2 Å². The zero-order valence-corrected chi connectivity index (χ0v) is 16.0. The summed E-state index contributed by atoms with van der Waals surface area (Å²) in [5, 5.41) is 3.08. The number of rotatable bonds is 9. The zero-order chi connectivity index (χ0) is 19.0. The number of halogens is 3. The minimum Gasteiger partial charge on any atom is -0.355 e. The Balaban J connectivity index is 1.53. The maximum absolute atomic E-state index is 12.2. The molecular weight excluding hydrogens is 343 g/mol. The Bertz CT molecular complexity index is 423. The smallest absolute Gasteiger partial charge is 0.355 e. The maximum Gasteiger partial charge on any atom is 0.389 e. The van der Waals surface area contributed by atoms with Crippen molar-refractivity contribution >= 4 is 5.91 Å². The highest BCUT2D eigenvalue weighted by Gasteiger charge is 2.27. The molecule has 2 aliphatic heterocycles. The second-order valence-electron chi connectivity index (χ2n) is 7.77. The van der Waals surface area contributed by atoms with E-state index in [-0.39, 0.29) is 12.3 Å². The molecule has 0 bridgehead atoms. The Morgan fingerprint density at radius 1 is 1.15 bits per heavy atom. The molecule has 0 aromatic carbocycles. The lowest BCUT2D eigenvalue weighted by Crippen LogP contribution is -2.40. The van der Waals surface area contributed by atoms with Crippen molar-refractivity contribution in [1.29, 1.82) is 0 Å². The number of carbonyl (C=O) groups is 1. The fourth-order valence-electron chi connectivity index (χ4n) is 4.20. The molecular formula is C19H34F3N3O. The van der Waals surface area contributed by atoms with Crippen molar-refractivity contribution in [3.8, 4) is 0 Å². The van der Waals surface area contributed by atoms with Crippen LogP contribution in [0.3, 0.4) is 0 Å². The lowest BCUT2D eigenvalue weighted by atomic mass is 9.92. The summed E-state index contributed by atoms with van der Waals surface area (Å²) in [4.78, 5) is 16.6. The second kappa shape index (κ2) is 10.5. The Kier molecular flexibility index (Phi) is 8.67. The molecule has 0 radical (unpaired) electrons. The fraction of sp³-hybridized carbons (Fsp3) is 0.947. The minimum absolute atomic E-state index is 0.139. The zero-order valence-electron chi connectivity index (χ0n) is 16.0. The summed E-state index contributed by atoms with van der Waals surface area (Å²) in [6.07, 6.45) is 1.28. The van der Waals surface area contributed by atoms with Gasteiger partial charge < -0.3 is 10.2 Å². The second-order valence-corrected chi connectivity index (χ2v) is 7.77. The molecule has 7 heteroatoms. The summed E-state index contributed by atoms with van der Waals surface area (Å²) < 4.78 is 36.6. The molecule has 0 unspecified atom stereocenters. The third-order valence-electron chi connectivity index (χ3n) is 5.86. The van der Waals surface area contributed by atoms with Gasteiger partial charge in [-0.3, -0.25) is 9.69 Å². The van der Waals surface area contributed by atoms with Gasteiger partial charge in [-0.25, -0.2) is 0 Å². The van der Waals surface area contributed by atoms with Crippen LogP contribution in [0.1, 0.15) is 58.3 Å². The summed E-state index contributed by atoms with van der Waals surface area (Å²) in [6.45, 7) is 7.35. The van der Waals surface area contributed by atoms with Gasteiger partial charge in [-0.15, -0.1) is 0 Å². The van der Waals surface area contributed by atoms with E-state index in [4.69, 9.17) is 0 Å². The molecule has 2 fully saturated rings. The first kappa shape index (κ1) is 21.5. The summed E-state index contributed by atoms with van der Waals surface area (Å²) >= 11 is 0. The highest BCUT2D eigenvalue weighted by molar-refractivity contribution is 5.75. The lowest BCUT2D eigenvalue weighted by molar-refractivity contribution is -0.136. The molecule has 0 aromatic heterocycles. The van der Waals surface area contributed by atoms with E-state index < -0.39 is 12.6 Å². The van der Waals surface area contributed by atoms with E-state index in [1.165, 1.54) is 12.8 Å². The van der Waals surface area contributed by atoms with Gasteiger partial charge in [0.15, 0.2) is 0 Å². The van der Waals surface area contributed by atoms with Crippen molar-refractivity contribution in [2.45, 2.75) is 70.5 Å². The van der Waals surface area contributed by atoms with Gasteiger partial charge in [0.1, 0.15) is 0 Å². The molecule has 0 aliphatic carbocycles. The normalized spacial score (nSPS) is 23.5. The highest BCUT2D eigenvalue weighted by Crippen LogP contribution is 2.24. The largest absolute Gasteiger partial charge is 0.389 e. The van der Waals surface area contributed by atoms with Crippen molar-refractivity contribution in [2.24, 2.45) is 5.92 Å². The van der Waals surface area contributed by atoms with Crippen LogP contribution in [0, 0.1) is 5.92 Å². The van der Waals surface area contributed by atoms with Crippen LogP contribution in [0.15, 0.2) is 0 Å². The van der Waals surface area contributed by atoms with Crippen LogP contribution in [-0.4, -0.2) is 67.2 Å². The van der Waals surface area contributed by atoms with E-state index in [9.17, 15) is 18.0 Å². The number of piperidine rings is 1. The van der Waals surface area contributed by atoms with Crippen molar-refractivity contribution in [2.75, 3.05) is 39.3 Å². The Hall–Kier alpha value is -0.820. The SMILES string of the molecule is CCN1CCC[C@H]1CNC(=O)CCC1CCN(CCCC(F)(F)F)CC1. The number of likely N-dealkylation sites (tertiary alicyclic amines) is 2. The highest BCUT2D eigenvalue weighted by atomic mass is 19.4. The van der Waals surface area contributed by atoms with Gasteiger partial charge in [0.25, 0.3) is 0 Å². The molecule has 0 aromatic rings. The predicted molar refractivity (Wildman–Crippen MR) is 97.0 cm³/mol. The molecule has 2 heterocycles. The lowest BCUT2D eigenvalue weighted by Gasteiger charge is -2.32. The van der Waals surface area contributed by atoms with Crippen LogP contribution >= 0.6 is 0 Å². The van der Waals surface area contributed by atoms with E-state index >= 15 is 0 Å².